The van der Waals surface area contributed by atoms with Gasteiger partial charge in [-0.2, -0.15) is 0 Å². The molecule has 1 heterocycles. The average molecular weight is 361 g/mol. The molecule has 19 heavy (non-hydrogen) atoms. The molecule has 0 fully saturated rings. The summed E-state index contributed by atoms with van der Waals surface area (Å²) >= 11 is 15.3. The summed E-state index contributed by atoms with van der Waals surface area (Å²) in [5.41, 5.74) is 1.03. The van der Waals surface area contributed by atoms with Gasteiger partial charge in [-0.05, 0) is 40.5 Å². The first kappa shape index (κ1) is 14.6. The maximum Gasteiger partial charge on any atom is 0.144 e. The second kappa shape index (κ2) is 6.55. The number of hydrogen-bond donors (Lipinski definition) is 1. The van der Waals surface area contributed by atoms with Gasteiger partial charge in [-0.3, -0.25) is 0 Å². The summed E-state index contributed by atoms with van der Waals surface area (Å²) in [6.07, 6.45) is 2.36. The Kier molecular flexibility index (Phi) is 5.02. The molecule has 0 radical (unpaired) electrons. The van der Waals surface area contributed by atoms with Crippen molar-refractivity contribution in [2.45, 2.75) is 13.3 Å². The van der Waals surface area contributed by atoms with Crippen molar-refractivity contribution in [3.05, 3.63) is 50.3 Å². The van der Waals surface area contributed by atoms with Crippen LogP contribution >= 0.6 is 39.1 Å². The van der Waals surface area contributed by atoms with E-state index in [0.717, 1.165) is 28.2 Å². The Morgan fingerprint density at radius 1 is 1.26 bits per heavy atom. The summed E-state index contributed by atoms with van der Waals surface area (Å²) in [4.78, 5) is 8.76. The SMILES string of the molecule is CCNc1nc(Cc2ccc(Cl)c(Cl)c2)ncc1Br. The van der Waals surface area contributed by atoms with Crippen LogP contribution in [0.4, 0.5) is 5.82 Å². The molecule has 0 aliphatic rings. The summed E-state index contributed by atoms with van der Waals surface area (Å²) in [6, 6.07) is 5.54. The Morgan fingerprint density at radius 3 is 2.74 bits per heavy atom. The van der Waals surface area contributed by atoms with Gasteiger partial charge in [-0.25, -0.2) is 9.97 Å². The van der Waals surface area contributed by atoms with Gasteiger partial charge in [0.2, 0.25) is 0 Å². The fraction of sp³-hybridized carbons (Fsp3) is 0.231. The number of nitrogens with zero attached hydrogens (tertiary/aromatic N) is 2. The van der Waals surface area contributed by atoms with Gasteiger partial charge >= 0.3 is 0 Å². The molecule has 0 saturated heterocycles. The van der Waals surface area contributed by atoms with Crippen LogP contribution in [-0.4, -0.2) is 16.5 Å². The molecule has 0 saturated carbocycles. The Morgan fingerprint density at radius 2 is 2.05 bits per heavy atom. The van der Waals surface area contributed by atoms with Crippen molar-refractivity contribution in [3.63, 3.8) is 0 Å². The van der Waals surface area contributed by atoms with Crippen molar-refractivity contribution < 1.29 is 0 Å². The second-order valence-corrected chi connectivity index (χ2v) is 5.61. The van der Waals surface area contributed by atoms with Crippen molar-refractivity contribution in [2.24, 2.45) is 0 Å². The van der Waals surface area contributed by atoms with Crippen LogP contribution in [0, 0.1) is 0 Å². The molecule has 0 bridgehead atoms. The number of hydrogen-bond acceptors (Lipinski definition) is 3. The zero-order valence-electron chi connectivity index (χ0n) is 10.3. The molecule has 3 nitrogen and oxygen atoms in total. The minimum Gasteiger partial charge on any atom is -0.369 e. The van der Waals surface area contributed by atoms with Crippen molar-refractivity contribution in [2.75, 3.05) is 11.9 Å². The lowest BCUT2D eigenvalue weighted by atomic mass is 10.1. The smallest absolute Gasteiger partial charge is 0.144 e. The maximum absolute atomic E-state index is 5.99. The topological polar surface area (TPSA) is 37.8 Å². The molecule has 2 aromatic rings. The van der Waals surface area contributed by atoms with Gasteiger partial charge in [0.05, 0.1) is 14.5 Å². The molecular weight excluding hydrogens is 349 g/mol. The van der Waals surface area contributed by atoms with Crippen LogP contribution in [0.3, 0.4) is 0 Å². The number of aromatic nitrogens is 2. The fourth-order valence-electron chi connectivity index (χ4n) is 1.61. The number of benzene rings is 1. The fourth-order valence-corrected chi connectivity index (χ4v) is 2.26. The molecule has 0 atom stereocenters. The van der Waals surface area contributed by atoms with Crippen molar-refractivity contribution in [3.8, 4) is 0 Å². The van der Waals surface area contributed by atoms with E-state index in [-0.39, 0.29) is 0 Å². The van der Waals surface area contributed by atoms with E-state index in [1.807, 2.05) is 19.1 Å². The lowest BCUT2D eigenvalue weighted by Gasteiger charge is -2.07. The third kappa shape index (κ3) is 3.81. The lowest BCUT2D eigenvalue weighted by Crippen LogP contribution is -2.04. The Balaban J connectivity index is 2.22. The summed E-state index contributed by atoms with van der Waals surface area (Å²) in [6.45, 7) is 2.83. The van der Waals surface area contributed by atoms with Crippen LogP contribution in [0.2, 0.25) is 10.0 Å². The molecule has 1 N–H and O–H groups in total. The molecule has 0 aliphatic heterocycles. The van der Waals surface area contributed by atoms with Crippen LogP contribution in [0.5, 0.6) is 0 Å². The summed E-state index contributed by atoms with van der Waals surface area (Å²) in [7, 11) is 0. The van der Waals surface area contributed by atoms with Crippen LogP contribution in [0.1, 0.15) is 18.3 Å². The second-order valence-electron chi connectivity index (χ2n) is 3.94. The van der Waals surface area contributed by atoms with E-state index in [9.17, 15) is 0 Å². The van der Waals surface area contributed by atoms with Gasteiger partial charge in [-0.15, -0.1) is 0 Å². The van der Waals surface area contributed by atoms with Crippen molar-refractivity contribution >= 4 is 44.9 Å². The third-order valence-corrected chi connectivity index (χ3v) is 3.80. The van der Waals surface area contributed by atoms with Crippen molar-refractivity contribution in [1.82, 2.24) is 9.97 Å². The van der Waals surface area contributed by atoms with Crippen LogP contribution in [0.15, 0.2) is 28.9 Å². The van der Waals surface area contributed by atoms with E-state index in [1.165, 1.54) is 0 Å². The van der Waals surface area contributed by atoms with Gasteiger partial charge in [0.15, 0.2) is 0 Å². The summed E-state index contributed by atoms with van der Waals surface area (Å²) in [5.74, 6) is 1.53. The molecule has 100 valence electrons. The minimum atomic E-state index is 0.545. The van der Waals surface area contributed by atoms with Crippen LogP contribution in [0.25, 0.3) is 0 Å². The van der Waals surface area contributed by atoms with E-state index in [2.05, 4.69) is 31.2 Å². The first-order valence-corrected chi connectivity index (χ1v) is 7.34. The lowest BCUT2D eigenvalue weighted by molar-refractivity contribution is 0.956. The Labute approximate surface area is 130 Å². The summed E-state index contributed by atoms with van der Waals surface area (Å²) in [5, 5.41) is 4.27. The summed E-state index contributed by atoms with van der Waals surface area (Å²) < 4.78 is 0.854. The zero-order chi connectivity index (χ0) is 13.8. The van der Waals surface area contributed by atoms with Crippen molar-refractivity contribution in [1.29, 1.82) is 0 Å². The van der Waals surface area contributed by atoms with E-state index >= 15 is 0 Å². The van der Waals surface area contributed by atoms with Crippen LogP contribution < -0.4 is 5.32 Å². The zero-order valence-corrected chi connectivity index (χ0v) is 13.3. The van der Waals surface area contributed by atoms with E-state index in [1.54, 1.807) is 12.3 Å². The maximum atomic E-state index is 5.99. The van der Waals surface area contributed by atoms with Gasteiger partial charge in [0.1, 0.15) is 11.6 Å². The monoisotopic (exact) mass is 359 g/mol. The standard InChI is InChI=1S/C13H12BrCl2N3/c1-2-17-13-9(14)7-18-12(19-13)6-8-3-4-10(15)11(16)5-8/h3-5,7H,2,6H2,1H3,(H,17,18,19). The number of anilines is 1. The molecule has 0 spiro atoms. The normalized spacial score (nSPS) is 10.5. The predicted molar refractivity (Wildman–Crippen MR) is 83.2 cm³/mol. The highest BCUT2D eigenvalue weighted by atomic mass is 79.9. The predicted octanol–water partition coefficient (Wildman–Crippen LogP) is 4.57. The quantitative estimate of drug-likeness (QED) is 0.867. The third-order valence-electron chi connectivity index (χ3n) is 2.48. The highest BCUT2D eigenvalue weighted by Gasteiger charge is 2.06. The van der Waals surface area contributed by atoms with E-state index in [0.29, 0.717) is 16.5 Å². The molecule has 0 amide bonds. The molecule has 0 unspecified atom stereocenters. The molecule has 1 aromatic carbocycles. The Bertz CT molecular complexity index is 590. The van der Waals surface area contributed by atoms with E-state index in [4.69, 9.17) is 23.2 Å². The minimum absolute atomic E-state index is 0.545. The highest BCUT2D eigenvalue weighted by molar-refractivity contribution is 9.10. The molecule has 2 rings (SSSR count). The molecule has 1 aromatic heterocycles. The molecule has 0 aliphatic carbocycles. The Hall–Kier alpha value is -0.840. The number of rotatable bonds is 4. The number of nitrogens with one attached hydrogen (secondary N) is 1. The van der Waals surface area contributed by atoms with Gasteiger partial charge < -0.3 is 5.32 Å². The molecular formula is C13H12BrCl2N3. The van der Waals surface area contributed by atoms with E-state index < -0.39 is 0 Å². The van der Waals surface area contributed by atoms with Crippen LogP contribution in [-0.2, 0) is 6.42 Å². The van der Waals surface area contributed by atoms with Gasteiger partial charge in [0.25, 0.3) is 0 Å². The highest BCUT2D eigenvalue weighted by Crippen LogP contribution is 2.24. The van der Waals surface area contributed by atoms with Gasteiger partial charge in [0, 0.05) is 19.2 Å². The number of halogens is 3. The largest absolute Gasteiger partial charge is 0.369 e. The molecule has 6 heteroatoms. The van der Waals surface area contributed by atoms with Gasteiger partial charge in [-0.1, -0.05) is 29.3 Å². The first-order valence-electron chi connectivity index (χ1n) is 5.79. The average Bonchev–Trinajstić information content (AvgIpc) is 2.38. The first-order chi connectivity index (χ1) is 9.10.